The number of carbonyl (C=O) groups is 2. The Morgan fingerprint density at radius 2 is 1.75 bits per heavy atom. The maximum Gasteiger partial charge on any atom is 0.256 e. The Bertz CT molecular complexity index is 1470. The largest absolute Gasteiger partial charge is 0.486 e. The fourth-order valence-electron chi connectivity index (χ4n) is 4.53. The van der Waals surface area contributed by atoms with Gasteiger partial charge in [0.15, 0.2) is 11.5 Å². The van der Waals surface area contributed by atoms with Gasteiger partial charge in [-0.05, 0) is 54.6 Å². The van der Waals surface area contributed by atoms with Gasteiger partial charge in [0, 0.05) is 35.4 Å². The van der Waals surface area contributed by atoms with Gasteiger partial charge in [-0.15, -0.1) is 0 Å². The summed E-state index contributed by atoms with van der Waals surface area (Å²) >= 11 is 0. The number of pyridine rings is 1. The number of benzene rings is 3. The fraction of sp³-hybridized carbons (Fsp3) is 0.179. The van der Waals surface area contributed by atoms with Crippen LogP contribution >= 0.6 is 0 Å². The van der Waals surface area contributed by atoms with Crippen LogP contribution in [0.3, 0.4) is 0 Å². The molecule has 0 aliphatic carbocycles. The summed E-state index contributed by atoms with van der Waals surface area (Å²) in [6, 6.07) is 22.6. The Morgan fingerprint density at radius 1 is 0.944 bits per heavy atom. The first-order valence-corrected chi connectivity index (χ1v) is 11.9. The molecule has 2 amide bonds. The molecule has 0 saturated carbocycles. The van der Waals surface area contributed by atoms with Crippen molar-refractivity contribution >= 4 is 34.1 Å². The van der Waals surface area contributed by atoms with Gasteiger partial charge in [-0.3, -0.25) is 9.59 Å². The van der Waals surface area contributed by atoms with Gasteiger partial charge in [-0.2, -0.15) is 0 Å². The lowest BCUT2D eigenvalue weighted by Gasteiger charge is -2.28. The standard InChI is InChI=1S/C28H24N4O4/c33-27-17-32(12-11-29-27)20-8-6-19(7-9-20)30-28(34)22-16-24(31-23-4-2-1-3-21(22)23)18-5-10-25-26(15-18)36-14-13-35-25/h1-10,15-16H,11-14,17H2,(H,29,33)(H,30,34). The molecule has 8 nitrogen and oxygen atoms in total. The topological polar surface area (TPSA) is 92.8 Å². The number of rotatable bonds is 4. The number of ether oxygens (including phenoxy) is 2. The van der Waals surface area contributed by atoms with Gasteiger partial charge >= 0.3 is 0 Å². The van der Waals surface area contributed by atoms with E-state index in [1.807, 2.05) is 77.7 Å². The van der Waals surface area contributed by atoms with E-state index in [2.05, 4.69) is 10.6 Å². The lowest BCUT2D eigenvalue weighted by molar-refractivity contribution is -0.120. The normalized spacial score (nSPS) is 14.9. The van der Waals surface area contributed by atoms with Crippen LogP contribution in [0, 0.1) is 0 Å². The molecule has 2 aliphatic rings. The molecule has 1 fully saturated rings. The van der Waals surface area contributed by atoms with Crippen molar-refractivity contribution in [3.8, 4) is 22.8 Å². The van der Waals surface area contributed by atoms with Crippen molar-refractivity contribution in [2.45, 2.75) is 0 Å². The second kappa shape index (κ2) is 9.22. The molecule has 2 N–H and O–H groups in total. The van der Waals surface area contributed by atoms with Crippen molar-refractivity contribution in [1.29, 1.82) is 0 Å². The lowest BCUT2D eigenvalue weighted by Crippen LogP contribution is -2.47. The van der Waals surface area contributed by atoms with Crippen LogP contribution in [0.15, 0.2) is 72.8 Å². The summed E-state index contributed by atoms with van der Waals surface area (Å²) in [5, 5.41) is 6.61. The Balaban J connectivity index is 1.29. The average Bonchev–Trinajstić information content (AvgIpc) is 2.92. The molecular formula is C28H24N4O4. The van der Waals surface area contributed by atoms with Crippen molar-refractivity contribution in [2.24, 2.45) is 0 Å². The van der Waals surface area contributed by atoms with E-state index in [0.717, 1.165) is 28.7 Å². The van der Waals surface area contributed by atoms with Crippen LogP contribution in [-0.4, -0.2) is 49.6 Å². The van der Waals surface area contributed by atoms with E-state index in [-0.39, 0.29) is 11.8 Å². The summed E-state index contributed by atoms with van der Waals surface area (Å²) in [7, 11) is 0. The van der Waals surface area contributed by atoms with Crippen molar-refractivity contribution in [2.75, 3.05) is 43.1 Å². The van der Waals surface area contributed by atoms with Crippen molar-refractivity contribution < 1.29 is 19.1 Å². The maximum atomic E-state index is 13.4. The van der Waals surface area contributed by atoms with Gasteiger partial charge in [-0.1, -0.05) is 18.2 Å². The highest BCUT2D eigenvalue weighted by atomic mass is 16.6. The second-order valence-corrected chi connectivity index (χ2v) is 8.70. The summed E-state index contributed by atoms with van der Waals surface area (Å²) < 4.78 is 11.4. The molecule has 1 saturated heterocycles. The quantitative estimate of drug-likeness (QED) is 0.461. The molecule has 3 aromatic carbocycles. The Labute approximate surface area is 207 Å². The Kier molecular flexibility index (Phi) is 5.61. The number of para-hydroxylation sites is 1. The highest BCUT2D eigenvalue weighted by Crippen LogP contribution is 2.35. The van der Waals surface area contributed by atoms with E-state index in [9.17, 15) is 9.59 Å². The Hall–Kier alpha value is -4.59. The van der Waals surface area contributed by atoms with Crippen LogP contribution in [0.25, 0.3) is 22.2 Å². The first-order chi connectivity index (χ1) is 17.6. The molecule has 1 aromatic heterocycles. The monoisotopic (exact) mass is 480 g/mol. The van der Waals surface area contributed by atoms with Crippen LogP contribution in [-0.2, 0) is 4.79 Å². The van der Waals surface area contributed by atoms with E-state index in [0.29, 0.717) is 54.7 Å². The highest BCUT2D eigenvalue weighted by Gasteiger charge is 2.19. The molecule has 0 spiro atoms. The molecule has 0 unspecified atom stereocenters. The Morgan fingerprint density at radius 3 is 2.58 bits per heavy atom. The number of nitrogens with zero attached hydrogens (tertiary/aromatic N) is 2. The number of hydrogen-bond acceptors (Lipinski definition) is 6. The number of fused-ring (bicyclic) bond motifs is 2. The van der Waals surface area contributed by atoms with Crippen LogP contribution < -0.4 is 25.0 Å². The van der Waals surface area contributed by atoms with Crippen LogP contribution in [0.5, 0.6) is 11.5 Å². The summed E-state index contributed by atoms with van der Waals surface area (Å²) in [5.74, 6) is 1.16. The predicted molar refractivity (Wildman–Crippen MR) is 138 cm³/mol. The SMILES string of the molecule is O=C1CN(c2ccc(NC(=O)c3cc(-c4ccc5c(c4)OCCO5)nc4ccccc34)cc2)CCN1. The molecule has 0 bridgehead atoms. The third-order valence-corrected chi connectivity index (χ3v) is 6.33. The number of aromatic nitrogens is 1. The number of piperazine rings is 1. The van der Waals surface area contributed by atoms with E-state index < -0.39 is 0 Å². The van der Waals surface area contributed by atoms with Crippen LogP contribution in [0.2, 0.25) is 0 Å². The number of nitrogens with one attached hydrogen (secondary N) is 2. The minimum absolute atomic E-state index is 0.0111. The van der Waals surface area contributed by atoms with Gasteiger partial charge in [0.25, 0.3) is 5.91 Å². The zero-order valence-corrected chi connectivity index (χ0v) is 19.5. The summed E-state index contributed by atoms with van der Waals surface area (Å²) in [6.45, 7) is 2.73. The number of hydrogen-bond donors (Lipinski definition) is 2. The van der Waals surface area contributed by atoms with E-state index in [1.54, 1.807) is 0 Å². The van der Waals surface area contributed by atoms with Crippen LogP contribution in [0.1, 0.15) is 10.4 Å². The lowest BCUT2D eigenvalue weighted by atomic mass is 10.0. The maximum absolute atomic E-state index is 13.4. The van der Waals surface area contributed by atoms with Gasteiger partial charge < -0.3 is 25.0 Å². The number of amides is 2. The number of carbonyl (C=O) groups excluding carboxylic acids is 2. The number of anilines is 2. The first-order valence-electron chi connectivity index (χ1n) is 11.9. The molecule has 180 valence electrons. The predicted octanol–water partition coefficient (Wildman–Crippen LogP) is 3.86. The minimum atomic E-state index is -0.225. The van der Waals surface area contributed by atoms with Crippen molar-refractivity contribution in [3.05, 3.63) is 78.4 Å². The molecule has 2 aliphatic heterocycles. The molecule has 3 heterocycles. The minimum Gasteiger partial charge on any atom is -0.486 e. The van der Waals surface area contributed by atoms with E-state index in [1.165, 1.54) is 0 Å². The zero-order chi connectivity index (χ0) is 24.5. The summed E-state index contributed by atoms with van der Waals surface area (Å²) in [5.41, 5.74) is 4.39. The van der Waals surface area contributed by atoms with Crippen LogP contribution in [0.4, 0.5) is 11.4 Å². The molecule has 36 heavy (non-hydrogen) atoms. The van der Waals surface area contributed by atoms with Crippen molar-refractivity contribution in [3.63, 3.8) is 0 Å². The van der Waals surface area contributed by atoms with Crippen molar-refractivity contribution in [1.82, 2.24) is 10.3 Å². The summed E-state index contributed by atoms with van der Waals surface area (Å²) in [4.78, 5) is 31.9. The molecule has 0 atom stereocenters. The fourth-order valence-corrected chi connectivity index (χ4v) is 4.53. The first kappa shape index (κ1) is 21.9. The molecular weight excluding hydrogens is 456 g/mol. The zero-order valence-electron chi connectivity index (χ0n) is 19.5. The second-order valence-electron chi connectivity index (χ2n) is 8.70. The molecule has 6 rings (SSSR count). The third kappa shape index (κ3) is 4.29. The van der Waals surface area contributed by atoms with Gasteiger partial charge in [0.1, 0.15) is 13.2 Å². The smallest absolute Gasteiger partial charge is 0.256 e. The van der Waals surface area contributed by atoms with Gasteiger partial charge in [-0.25, -0.2) is 4.98 Å². The average molecular weight is 481 g/mol. The molecule has 0 radical (unpaired) electrons. The van der Waals surface area contributed by atoms with Gasteiger partial charge in [0.2, 0.25) is 5.91 Å². The summed E-state index contributed by atoms with van der Waals surface area (Å²) in [6.07, 6.45) is 0. The molecule has 4 aromatic rings. The van der Waals surface area contributed by atoms with Gasteiger partial charge in [0.05, 0.1) is 23.3 Å². The van der Waals surface area contributed by atoms with E-state index >= 15 is 0 Å². The molecule has 8 heteroatoms. The van der Waals surface area contributed by atoms with E-state index in [4.69, 9.17) is 14.5 Å². The highest BCUT2D eigenvalue weighted by molar-refractivity contribution is 6.13. The third-order valence-electron chi connectivity index (χ3n) is 6.33.